The topological polar surface area (TPSA) is 46.3 Å². The number of carbonyl (C=O) groups excluding carboxylic acids is 1. The lowest BCUT2D eigenvalue weighted by atomic mass is 9.86. The maximum absolute atomic E-state index is 12.9. The second-order valence-corrected chi connectivity index (χ2v) is 4.60. The SMILES string of the molecule is C=CC(=O)N1CCC(c2ccc(F)cc2)C(N)C1. The summed E-state index contributed by atoms with van der Waals surface area (Å²) < 4.78 is 12.9. The lowest BCUT2D eigenvalue weighted by molar-refractivity contribution is -0.127. The van der Waals surface area contributed by atoms with Gasteiger partial charge in [-0.3, -0.25) is 4.79 Å². The standard InChI is InChI=1S/C14H17FN2O/c1-2-14(18)17-8-7-12(13(16)9-17)10-3-5-11(15)6-4-10/h2-6,12-13H,1,7-9,16H2. The fraction of sp³-hybridized carbons (Fsp3) is 0.357. The zero-order valence-electron chi connectivity index (χ0n) is 10.2. The fourth-order valence-electron chi connectivity index (χ4n) is 2.44. The molecule has 2 atom stereocenters. The lowest BCUT2D eigenvalue weighted by Gasteiger charge is -2.36. The van der Waals surface area contributed by atoms with Gasteiger partial charge < -0.3 is 10.6 Å². The van der Waals surface area contributed by atoms with Crippen LogP contribution in [0.25, 0.3) is 0 Å². The maximum Gasteiger partial charge on any atom is 0.246 e. The molecule has 1 fully saturated rings. The Kier molecular flexibility index (Phi) is 3.77. The van der Waals surface area contributed by atoms with Crippen molar-refractivity contribution in [1.82, 2.24) is 4.90 Å². The van der Waals surface area contributed by atoms with Crippen LogP contribution in [-0.2, 0) is 4.79 Å². The van der Waals surface area contributed by atoms with Crippen molar-refractivity contribution in [2.45, 2.75) is 18.4 Å². The average Bonchev–Trinajstić information content (AvgIpc) is 2.39. The van der Waals surface area contributed by atoms with Crippen LogP contribution in [0, 0.1) is 5.82 Å². The summed E-state index contributed by atoms with van der Waals surface area (Å²) in [4.78, 5) is 13.2. The monoisotopic (exact) mass is 248 g/mol. The van der Waals surface area contributed by atoms with Gasteiger partial charge in [0.1, 0.15) is 5.82 Å². The third-order valence-electron chi connectivity index (χ3n) is 3.44. The van der Waals surface area contributed by atoms with Crippen LogP contribution in [0.5, 0.6) is 0 Å². The molecule has 1 amide bonds. The molecule has 1 aromatic rings. The van der Waals surface area contributed by atoms with Crippen molar-refractivity contribution in [2.75, 3.05) is 13.1 Å². The highest BCUT2D eigenvalue weighted by Gasteiger charge is 2.29. The van der Waals surface area contributed by atoms with Gasteiger partial charge in [-0.15, -0.1) is 0 Å². The summed E-state index contributed by atoms with van der Waals surface area (Å²) in [5, 5.41) is 0. The molecule has 96 valence electrons. The second-order valence-electron chi connectivity index (χ2n) is 4.60. The first kappa shape index (κ1) is 12.8. The van der Waals surface area contributed by atoms with Gasteiger partial charge in [-0.05, 0) is 30.2 Å². The Morgan fingerprint density at radius 2 is 2.11 bits per heavy atom. The number of piperidine rings is 1. The number of halogens is 1. The van der Waals surface area contributed by atoms with E-state index in [-0.39, 0.29) is 23.7 Å². The van der Waals surface area contributed by atoms with Gasteiger partial charge in [0.2, 0.25) is 5.91 Å². The van der Waals surface area contributed by atoms with Gasteiger partial charge in [0.15, 0.2) is 0 Å². The molecule has 1 aliphatic heterocycles. The largest absolute Gasteiger partial charge is 0.338 e. The van der Waals surface area contributed by atoms with E-state index in [1.165, 1.54) is 18.2 Å². The molecular formula is C14H17FN2O. The molecule has 1 aromatic carbocycles. The molecule has 1 saturated heterocycles. The number of nitrogens with zero attached hydrogens (tertiary/aromatic N) is 1. The average molecular weight is 248 g/mol. The molecule has 0 spiro atoms. The van der Waals surface area contributed by atoms with Gasteiger partial charge in [0, 0.05) is 25.0 Å². The number of hydrogen-bond acceptors (Lipinski definition) is 2. The lowest BCUT2D eigenvalue weighted by Crippen LogP contribution is -2.49. The third kappa shape index (κ3) is 2.59. The predicted octanol–water partition coefficient (Wildman–Crippen LogP) is 1.65. The Hall–Kier alpha value is -1.68. The van der Waals surface area contributed by atoms with E-state index in [9.17, 15) is 9.18 Å². The Bertz CT molecular complexity index is 444. The highest BCUT2D eigenvalue weighted by Crippen LogP contribution is 2.27. The van der Waals surface area contributed by atoms with Crippen LogP contribution in [0.3, 0.4) is 0 Å². The summed E-state index contributed by atoms with van der Waals surface area (Å²) in [7, 11) is 0. The Morgan fingerprint density at radius 1 is 1.44 bits per heavy atom. The van der Waals surface area contributed by atoms with E-state index < -0.39 is 0 Å². The van der Waals surface area contributed by atoms with E-state index in [2.05, 4.69) is 6.58 Å². The van der Waals surface area contributed by atoms with Gasteiger partial charge >= 0.3 is 0 Å². The molecule has 1 heterocycles. The minimum Gasteiger partial charge on any atom is -0.338 e. The van der Waals surface area contributed by atoms with E-state index in [0.29, 0.717) is 13.1 Å². The number of rotatable bonds is 2. The zero-order chi connectivity index (χ0) is 13.1. The first-order chi connectivity index (χ1) is 8.61. The molecule has 0 aromatic heterocycles. The van der Waals surface area contributed by atoms with Gasteiger partial charge in [-0.2, -0.15) is 0 Å². The number of likely N-dealkylation sites (tertiary alicyclic amines) is 1. The van der Waals surface area contributed by atoms with Crippen molar-refractivity contribution in [2.24, 2.45) is 5.73 Å². The van der Waals surface area contributed by atoms with Gasteiger partial charge in [-0.25, -0.2) is 4.39 Å². The fourth-order valence-corrected chi connectivity index (χ4v) is 2.44. The van der Waals surface area contributed by atoms with E-state index in [1.807, 2.05) is 0 Å². The van der Waals surface area contributed by atoms with Crippen molar-refractivity contribution in [1.29, 1.82) is 0 Å². The predicted molar refractivity (Wildman–Crippen MR) is 68.5 cm³/mol. The number of amides is 1. The van der Waals surface area contributed by atoms with Crippen molar-refractivity contribution < 1.29 is 9.18 Å². The van der Waals surface area contributed by atoms with Crippen LogP contribution in [-0.4, -0.2) is 29.9 Å². The van der Waals surface area contributed by atoms with E-state index >= 15 is 0 Å². The van der Waals surface area contributed by atoms with E-state index in [0.717, 1.165) is 12.0 Å². The molecule has 1 aliphatic rings. The Morgan fingerprint density at radius 3 is 2.67 bits per heavy atom. The zero-order valence-corrected chi connectivity index (χ0v) is 10.2. The minimum atomic E-state index is -0.244. The van der Waals surface area contributed by atoms with Crippen molar-refractivity contribution in [3.63, 3.8) is 0 Å². The smallest absolute Gasteiger partial charge is 0.246 e. The molecule has 2 N–H and O–H groups in total. The molecule has 18 heavy (non-hydrogen) atoms. The summed E-state index contributed by atoms with van der Waals surface area (Å²) in [6.45, 7) is 4.66. The third-order valence-corrected chi connectivity index (χ3v) is 3.44. The maximum atomic E-state index is 12.9. The second kappa shape index (κ2) is 5.31. The van der Waals surface area contributed by atoms with Crippen LogP contribution in [0.4, 0.5) is 4.39 Å². The molecule has 0 bridgehead atoms. The van der Waals surface area contributed by atoms with Gasteiger partial charge in [0.25, 0.3) is 0 Å². The highest BCUT2D eigenvalue weighted by atomic mass is 19.1. The normalized spacial score (nSPS) is 23.8. The Balaban J connectivity index is 2.07. The van der Waals surface area contributed by atoms with Crippen LogP contribution in [0.2, 0.25) is 0 Å². The molecule has 2 unspecified atom stereocenters. The summed E-state index contributed by atoms with van der Waals surface area (Å²) in [6.07, 6.45) is 2.11. The summed E-state index contributed by atoms with van der Waals surface area (Å²) in [5.74, 6) is -0.144. The van der Waals surface area contributed by atoms with Crippen molar-refractivity contribution >= 4 is 5.91 Å². The molecular weight excluding hydrogens is 231 g/mol. The quantitative estimate of drug-likeness (QED) is 0.809. The van der Waals surface area contributed by atoms with E-state index in [1.54, 1.807) is 17.0 Å². The van der Waals surface area contributed by atoms with Crippen molar-refractivity contribution in [3.05, 3.63) is 48.3 Å². The minimum absolute atomic E-state index is 0.0805. The van der Waals surface area contributed by atoms with Crippen molar-refractivity contribution in [3.8, 4) is 0 Å². The molecule has 3 nitrogen and oxygen atoms in total. The summed E-state index contributed by atoms with van der Waals surface area (Å²) >= 11 is 0. The summed E-state index contributed by atoms with van der Waals surface area (Å²) in [6, 6.07) is 6.32. The van der Waals surface area contributed by atoms with Crippen LogP contribution in [0.1, 0.15) is 17.9 Å². The first-order valence-electron chi connectivity index (χ1n) is 6.04. The van der Waals surface area contributed by atoms with Gasteiger partial charge in [-0.1, -0.05) is 18.7 Å². The summed E-state index contributed by atoms with van der Waals surface area (Å²) in [5.41, 5.74) is 7.15. The molecule has 0 radical (unpaired) electrons. The number of benzene rings is 1. The molecule has 0 aliphatic carbocycles. The van der Waals surface area contributed by atoms with E-state index in [4.69, 9.17) is 5.73 Å². The number of hydrogen-bond donors (Lipinski definition) is 1. The molecule has 4 heteroatoms. The highest BCUT2D eigenvalue weighted by molar-refractivity contribution is 5.87. The number of nitrogens with two attached hydrogens (primary N) is 1. The van der Waals surface area contributed by atoms with Crippen LogP contribution >= 0.6 is 0 Å². The molecule has 0 saturated carbocycles. The van der Waals surface area contributed by atoms with Crippen LogP contribution in [0.15, 0.2) is 36.9 Å². The number of carbonyl (C=O) groups is 1. The first-order valence-corrected chi connectivity index (χ1v) is 6.04. The van der Waals surface area contributed by atoms with Gasteiger partial charge in [0.05, 0.1) is 0 Å². The van der Waals surface area contributed by atoms with Crippen LogP contribution < -0.4 is 5.73 Å². The Labute approximate surface area is 106 Å². The molecule has 2 rings (SSSR count).